The van der Waals surface area contributed by atoms with Crippen molar-refractivity contribution in [3.63, 3.8) is 0 Å². The van der Waals surface area contributed by atoms with Gasteiger partial charge in [-0.2, -0.15) is 10.1 Å². The van der Waals surface area contributed by atoms with Crippen LogP contribution in [0.2, 0.25) is 5.02 Å². The van der Waals surface area contributed by atoms with Crippen molar-refractivity contribution in [2.45, 2.75) is 19.8 Å². The van der Waals surface area contributed by atoms with Crippen LogP contribution in [0.3, 0.4) is 0 Å². The maximum absolute atomic E-state index is 6.17. The normalized spacial score (nSPS) is 14.7. The van der Waals surface area contributed by atoms with E-state index in [1.54, 1.807) is 6.20 Å². The second kappa shape index (κ2) is 8.44. The van der Waals surface area contributed by atoms with Gasteiger partial charge in [-0.3, -0.25) is 0 Å². The number of halogens is 1. The summed E-state index contributed by atoms with van der Waals surface area (Å²) in [6, 6.07) is 15.9. The fraction of sp³-hybridized carbons (Fsp3) is 0.286. The van der Waals surface area contributed by atoms with Gasteiger partial charge in [0.05, 0.1) is 16.9 Å². The van der Waals surface area contributed by atoms with E-state index in [9.17, 15) is 0 Å². The molecule has 1 aliphatic rings. The predicted octanol–water partition coefficient (Wildman–Crippen LogP) is 5.25. The van der Waals surface area contributed by atoms with Crippen LogP contribution in [0.4, 0.5) is 28.8 Å². The lowest BCUT2D eigenvalue weighted by atomic mass is 9.99. The molecule has 1 aromatic heterocycles. The number of hydrogen-bond donors (Lipinski definition) is 2. The van der Waals surface area contributed by atoms with Crippen LogP contribution in [0.15, 0.2) is 54.7 Å². The molecule has 7 heteroatoms. The topological polar surface area (TPSA) is 66.0 Å². The lowest BCUT2D eigenvalue weighted by Gasteiger charge is -2.32. The first kappa shape index (κ1) is 18.5. The number of aromatic nitrogens is 3. The van der Waals surface area contributed by atoms with Gasteiger partial charge in [0.15, 0.2) is 5.82 Å². The van der Waals surface area contributed by atoms with Gasteiger partial charge in [-0.1, -0.05) is 30.7 Å². The Bertz CT molecular complexity index is 922. The third-order valence-electron chi connectivity index (χ3n) is 4.97. The molecule has 0 amide bonds. The molecule has 1 saturated heterocycles. The van der Waals surface area contributed by atoms with Crippen molar-refractivity contribution in [1.29, 1.82) is 0 Å². The van der Waals surface area contributed by atoms with Gasteiger partial charge < -0.3 is 15.5 Å². The van der Waals surface area contributed by atoms with Crippen LogP contribution in [-0.2, 0) is 0 Å². The van der Waals surface area contributed by atoms with Crippen LogP contribution >= 0.6 is 11.6 Å². The largest absolute Gasteiger partial charge is 0.372 e. The van der Waals surface area contributed by atoms with Crippen LogP contribution in [0.5, 0.6) is 0 Å². The Morgan fingerprint density at radius 3 is 2.50 bits per heavy atom. The van der Waals surface area contributed by atoms with Crippen LogP contribution in [0.25, 0.3) is 0 Å². The second-order valence-corrected chi connectivity index (χ2v) is 7.52. The van der Waals surface area contributed by atoms with Crippen molar-refractivity contribution in [1.82, 2.24) is 15.2 Å². The summed E-state index contributed by atoms with van der Waals surface area (Å²) in [7, 11) is 0. The van der Waals surface area contributed by atoms with E-state index >= 15 is 0 Å². The Kier molecular flexibility index (Phi) is 5.58. The average molecular weight is 395 g/mol. The zero-order valence-corrected chi connectivity index (χ0v) is 16.5. The fourth-order valence-electron chi connectivity index (χ4n) is 3.27. The highest BCUT2D eigenvalue weighted by atomic mass is 35.5. The van der Waals surface area contributed by atoms with Gasteiger partial charge in [0.2, 0.25) is 5.95 Å². The molecule has 1 aliphatic heterocycles. The molecule has 0 unspecified atom stereocenters. The first-order valence-electron chi connectivity index (χ1n) is 9.51. The molecule has 0 radical (unpaired) electrons. The minimum atomic E-state index is 0.386. The Labute approximate surface area is 170 Å². The van der Waals surface area contributed by atoms with Crippen molar-refractivity contribution >= 4 is 40.4 Å². The lowest BCUT2D eigenvalue weighted by molar-refractivity contribution is 0.438. The number of nitrogens with one attached hydrogen (secondary N) is 2. The number of anilines is 5. The number of piperidine rings is 1. The smallest absolute Gasteiger partial charge is 0.249 e. The molecule has 2 heterocycles. The first-order chi connectivity index (χ1) is 13.7. The van der Waals surface area contributed by atoms with Crippen LogP contribution in [0.1, 0.15) is 19.8 Å². The molecule has 144 valence electrons. The van der Waals surface area contributed by atoms with E-state index in [1.165, 1.54) is 18.5 Å². The lowest BCUT2D eigenvalue weighted by Crippen LogP contribution is -2.32. The molecule has 1 fully saturated rings. The van der Waals surface area contributed by atoms with E-state index in [4.69, 9.17) is 11.6 Å². The Morgan fingerprint density at radius 1 is 1.00 bits per heavy atom. The summed E-state index contributed by atoms with van der Waals surface area (Å²) in [4.78, 5) is 6.91. The molecule has 0 atom stereocenters. The molecule has 3 aromatic rings. The van der Waals surface area contributed by atoms with Gasteiger partial charge in [0, 0.05) is 24.5 Å². The third kappa shape index (κ3) is 4.51. The van der Waals surface area contributed by atoms with Crippen molar-refractivity contribution in [2.75, 3.05) is 28.6 Å². The summed E-state index contributed by atoms with van der Waals surface area (Å²) in [5.41, 5.74) is 2.96. The molecular weight excluding hydrogens is 372 g/mol. The van der Waals surface area contributed by atoms with Gasteiger partial charge in [0.25, 0.3) is 0 Å². The molecule has 4 rings (SSSR count). The average Bonchev–Trinajstić information content (AvgIpc) is 2.71. The number of benzene rings is 2. The molecule has 0 spiro atoms. The van der Waals surface area contributed by atoms with Crippen molar-refractivity contribution < 1.29 is 0 Å². The van der Waals surface area contributed by atoms with Crippen LogP contribution in [-0.4, -0.2) is 28.3 Å². The SMILES string of the molecule is CC1CCN(c2ccc(Nc3cnnc(Nc4ccccc4Cl)n3)cc2)CC1. The highest BCUT2D eigenvalue weighted by Gasteiger charge is 2.15. The zero-order valence-electron chi connectivity index (χ0n) is 15.8. The molecule has 6 nitrogen and oxygen atoms in total. The molecule has 0 aliphatic carbocycles. The Morgan fingerprint density at radius 2 is 1.75 bits per heavy atom. The summed E-state index contributed by atoms with van der Waals surface area (Å²) in [5.74, 6) is 1.83. The second-order valence-electron chi connectivity index (χ2n) is 7.11. The van der Waals surface area contributed by atoms with Gasteiger partial charge >= 0.3 is 0 Å². The maximum Gasteiger partial charge on any atom is 0.249 e. The van der Waals surface area contributed by atoms with Crippen molar-refractivity contribution in [2.24, 2.45) is 5.92 Å². The van der Waals surface area contributed by atoms with Gasteiger partial charge in [-0.25, -0.2) is 0 Å². The number of hydrogen-bond acceptors (Lipinski definition) is 6. The molecule has 0 bridgehead atoms. The van der Waals surface area contributed by atoms with E-state index in [0.717, 1.165) is 30.4 Å². The van der Waals surface area contributed by atoms with Gasteiger partial charge in [-0.15, -0.1) is 5.10 Å². The number of nitrogens with zero attached hydrogens (tertiary/aromatic N) is 4. The molecule has 2 aromatic carbocycles. The van der Waals surface area contributed by atoms with Crippen LogP contribution in [0, 0.1) is 5.92 Å². The van der Waals surface area contributed by atoms with E-state index in [2.05, 4.69) is 61.9 Å². The van der Waals surface area contributed by atoms with E-state index in [1.807, 2.05) is 24.3 Å². The van der Waals surface area contributed by atoms with Gasteiger partial charge in [-0.05, 0) is 55.2 Å². The summed E-state index contributed by atoms with van der Waals surface area (Å²) < 4.78 is 0. The summed E-state index contributed by atoms with van der Waals surface area (Å²) in [6.07, 6.45) is 4.11. The summed E-state index contributed by atoms with van der Waals surface area (Å²) in [6.45, 7) is 4.58. The Balaban J connectivity index is 1.42. The summed E-state index contributed by atoms with van der Waals surface area (Å²) in [5, 5.41) is 15.0. The fourth-order valence-corrected chi connectivity index (χ4v) is 3.45. The highest BCUT2D eigenvalue weighted by molar-refractivity contribution is 6.33. The first-order valence-corrected chi connectivity index (χ1v) is 9.88. The van der Waals surface area contributed by atoms with E-state index < -0.39 is 0 Å². The summed E-state index contributed by atoms with van der Waals surface area (Å²) >= 11 is 6.17. The molecule has 28 heavy (non-hydrogen) atoms. The quantitative estimate of drug-likeness (QED) is 0.616. The molecule has 0 saturated carbocycles. The Hall–Kier alpha value is -2.86. The van der Waals surface area contributed by atoms with Gasteiger partial charge in [0.1, 0.15) is 0 Å². The standard InChI is InChI=1S/C21H23ClN6/c1-15-10-12-28(13-11-15)17-8-6-16(7-9-17)24-20-14-23-27-21(26-20)25-19-5-3-2-4-18(19)22/h2-9,14-15H,10-13H2,1H3,(H2,24,25,26,27). The number of rotatable bonds is 5. The van der Waals surface area contributed by atoms with Crippen molar-refractivity contribution in [3.05, 3.63) is 59.8 Å². The molecule has 2 N–H and O–H groups in total. The van der Waals surface area contributed by atoms with E-state index in [-0.39, 0.29) is 0 Å². The minimum absolute atomic E-state index is 0.386. The highest BCUT2D eigenvalue weighted by Crippen LogP contribution is 2.26. The maximum atomic E-state index is 6.17. The third-order valence-corrected chi connectivity index (χ3v) is 5.30. The predicted molar refractivity (Wildman–Crippen MR) is 115 cm³/mol. The minimum Gasteiger partial charge on any atom is -0.372 e. The number of para-hydroxylation sites is 1. The van der Waals surface area contributed by atoms with E-state index in [0.29, 0.717) is 16.8 Å². The molecular formula is C21H23ClN6. The van der Waals surface area contributed by atoms with Crippen molar-refractivity contribution in [3.8, 4) is 0 Å². The monoisotopic (exact) mass is 394 g/mol. The zero-order chi connectivity index (χ0) is 19.3. The van der Waals surface area contributed by atoms with Crippen LogP contribution < -0.4 is 15.5 Å².